The monoisotopic (exact) mass is 127 g/mol. The van der Waals surface area contributed by atoms with Gasteiger partial charge >= 0.3 is 0 Å². The first-order valence-corrected chi connectivity index (χ1v) is 3.01. The van der Waals surface area contributed by atoms with Crippen LogP contribution in [0.1, 0.15) is 19.3 Å². The first kappa shape index (κ1) is 6.53. The number of nitrogens with zero attached hydrogens (tertiary/aromatic N) is 1. The standard InChI is InChI=1S/C6H9NO2/c7-4-5-2-1-3-6(5,8)9/h5,8-9H,1-3H2. The van der Waals surface area contributed by atoms with Crippen LogP contribution in [0.5, 0.6) is 0 Å². The van der Waals surface area contributed by atoms with E-state index in [1.54, 1.807) is 0 Å². The van der Waals surface area contributed by atoms with Gasteiger partial charge in [-0.15, -0.1) is 0 Å². The summed E-state index contributed by atoms with van der Waals surface area (Å²) < 4.78 is 0. The second-order valence-electron chi connectivity index (χ2n) is 2.45. The smallest absolute Gasteiger partial charge is 0.178 e. The summed E-state index contributed by atoms with van der Waals surface area (Å²) in [6, 6.07) is 1.85. The van der Waals surface area contributed by atoms with Crippen LogP contribution in [0, 0.1) is 17.2 Å². The Bertz CT molecular complexity index is 148. The van der Waals surface area contributed by atoms with Gasteiger partial charge in [-0.05, 0) is 12.8 Å². The van der Waals surface area contributed by atoms with E-state index in [2.05, 4.69) is 0 Å². The summed E-state index contributed by atoms with van der Waals surface area (Å²) in [5, 5.41) is 26.3. The van der Waals surface area contributed by atoms with Gasteiger partial charge in [0.05, 0.1) is 12.0 Å². The van der Waals surface area contributed by atoms with Gasteiger partial charge < -0.3 is 10.2 Å². The van der Waals surface area contributed by atoms with Crippen LogP contribution in [0.4, 0.5) is 0 Å². The van der Waals surface area contributed by atoms with E-state index in [4.69, 9.17) is 15.5 Å². The molecule has 9 heavy (non-hydrogen) atoms. The molecular formula is C6H9NO2. The Labute approximate surface area is 53.5 Å². The summed E-state index contributed by atoms with van der Waals surface area (Å²) in [6.07, 6.45) is 1.69. The van der Waals surface area contributed by atoms with Gasteiger partial charge in [-0.3, -0.25) is 0 Å². The lowest BCUT2D eigenvalue weighted by molar-refractivity contribution is -0.172. The first-order valence-electron chi connectivity index (χ1n) is 3.01. The van der Waals surface area contributed by atoms with Gasteiger partial charge in [0.2, 0.25) is 0 Å². The van der Waals surface area contributed by atoms with E-state index in [9.17, 15) is 0 Å². The SMILES string of the molecule is N#CC1CCCC1(O)O. The minimum atomic E-state index is -1.70. The highest BCUT2D eigenvalue weighted by Crippen LogP contribution is 2.32. The molecule has 50 valence electrons. The van der Waals surface area contributed by atoms with Crippen molar-refractivity contribution in [1.82, 2.24) is 0 Å². The molecule has 0 aromatic carbocycles. The number of rotatable bonds is 0. The quantitative estimate of drug-likeness (QED) is 0.450. The Balaban J connectivity index is 2.65. The number of nitriles is 1. The minimum Gasteiger partial charge on any atom is -0.365 e. The van der Waals surface area contributed by atoms with E-state index in [0.29, 0.717) is 12.8 Å². The lowest BCUT2D eigenvalue weighted by Crippen LogP contribution is -2.31. The fraction of sp³-hybridized carbons (Fsp3) is 0.833. The molecule has 1 aliphatic rings. The molecule has 3 nitrogen and oxygen atoms in total. The van der Waals surface area contributed by atoms with Gasteiger partial charge in [0.15, 0.2) is 5.79 Å². The zero-order valence-electron chi connectivity index (χ0n) is 5.04. The van der Waals surface area contributed by atoms with E-state index in [1.165, 1.54) is 0 Å². The predicted octanol–water partition coefficient (Wildman–Crippen LogP) is -0.00902. The Kier molecular flexibility index (Phi) is 1.43. The molecule has 1 saturated carbocycles. The van der Waals surface area contributed by atoms with Crippen molar-refractivity contribution in [2.75, 3.05) is 0 Å². The van der Waals surface area contributed by atoms with Crippen molar-refractivity contribution < 1.29 is 10.2 Å². The van der Waals surface area contributed by atoms with Crippen molar-refractivity contribution in [3.63, 3.8) is 0 Å². The average Bonchev–Trinajstić information content (AvgIpc) is 2.08. The maximum absolute atomic E-state index is 8.99. The third-order valence-electron chi connectivity index (χ3n) is 1.75. The lowest BCUT2D eigenvalue weighted by atomic mass is 10.1. The van der Waals surface area contributed by atoms with E-state index in [-0.39, 0.29) is 0 Å². The fourth-order valence-electron chi connectivity index (χ4n) is 1.14. The summed E-state index contributed by atoms with van der Waals surface area (Å²) in [7, 11) is 0. The van der Waals surface area contributed by atoms with Crippen molar-refractivity contribution >= 4 is 0 Å². The molecule has 0 aliphatic heterocycles. The summed E-state index contributed by atoms with van der Waals surface area (Å²) >= 11 is 0. The number of hydrogen-bond acceptors (Lipinski definition) is 3. The minimum absolute atomic E-state index is 0.339. The molecule has 1 fully saturated rings. The lowest BCUT2D eigenvalue weighted by Gasteiger charge is -2.16. The maximum atomic E-state index is 8.99. The van der Waals surface area contributed by atoms with Crippen LogP contribution in [-0.4, -0.2) is 16.0 Å². The van der Waals surface area contributed by atoms with Gasteiger partial charge in [-0.25, -0.2) is 0 Å². The molecule has 0 bridgehead atoms. The molecule has 0 heterocycles. The van der Waals surface area contributed by atoms with E-state index in [0.717, 1.165) is 6.42 Å². The van der Waals surface area contributed by atoms with Crippen LogP contribution >= 0.6 is 0 Å². The summed E-state index contributed by atoms with van der Waals surface area (Å²) in [5.74, 6) is -2.27. The van der Waals surface area contributed by atoms with Crippen molar-refractivity contribution in [2.45, 2.75) is 25.0 Å². The molecular weight excluding hydrogens is 118 g/mol. The zero-order valence-corrected chi connectivity index (χ0v) is 5.04. The summed E-state index contributed by atoms with van der Waals surface area (Å²) in [5.41, 5.74) is 0. The van der Waals surface area contributed by atoms with E-state index < -0.39 is 11.7 Å². The predicted molar refractivity (Wildman–Crippen MR) is 30.1 cm³/mol. The highest BCUT2D eigenvalue weighted by atomic mass is 16.5. The molecule has 0 aromatic rings. The Morgan fingerprint density at radius 3 is 2.44 bits per heavy atom. The normalized spacial score (nSPS) is 31.9. The Hall–Kier alpha value is -0.590. The molecule has 0 amide bonds. The van der Waals surface area contributed by atoms with E-state index in [1.807, 2.05) is 6.07 Å². The molecule has 2 N–H and O–H groups in total. The molecule has 0 saturated heterocycles. The molecule has 0 spiro atoms. The second-order valence-corrected chi connectivity index (χ2v) is 2.45. The Morgan fingerprint density at radius 2 is 2.22 bits per heavy atom. The van der Waals surface area contributed by atoms with Gasteiger partial charge in [0.1, 0.15) is 0 Å². The molecule has 3 heteroatoms. The van der Waals surface area contributed by atoms with Crippen LogP contribution in [0.3, 0.4) is 0 Å². The van der Waals surface area contributed by atoms with Crippen molar-refractivity contribution in [3.8, 4) is 6.07 Å². The molecule has 1 unspecified atom stereocenters. The Morgan fingerprint density at radius 1 is 1.56 bits per heavy atom. The van der Waals surface area contributed by atoms with E-state index >= 15 is 0 Å². The van der Waals surface area contributed by atoms with Crippen LogP contribution in [-0.2, 0) is 0 Å². The molecule has 1 rings (SSSR count). The fourth-order valence-corrected chi connectivity index (χ4v) is 1.14. The second kappa shape index (κ2) is 1.98. The van der Waals surface area contributed by atoms with Crippen molar-refractivity contribution in [2.24, 2.45) is 5.92 Å². The van der Waals surface area contributed by atoms with Crippen molar-refractivity contribution in [3.05, 3.63) is 0 Å². The molecule has 1 aliphatic carbocycles. The highest BCUT2D eigenvalue weighted by molar-refractivity contribution is 4.96. The van der Waals surface area contributed by atoms with Crippen LogP contribution in [0.2, 0.25) is 0 Å². The van der Waals surface area contributed by atoms with Crippen LogP contribution in [0.15, 0.2) is 0 Å². The highest BCUT2D eigenvalue weighted by Gasteiger charge is 2.39. The largest absolute Gasteiger partial charge is 0.365 e. The molecule has 0 aromatic heterocycles. The maximum Gasteiger partial charge on any atom is 0.178 e. The first-order chi connectivity index (χ1) is 4.17. The third kappa shape index (κ3) is 1.04. The zero-order chi connectivity index (χ0) is 6.91. The summed E-state index contributed by atoms with van der Waals surface area (Å²) in [4.78, 5) is 0. The van der Waals surface area contributed by atoms with Crippen LogP contribution in [0.25, 0.3) is 0 Å². The summed E-state index contributed by atoms with van der Waals surface area (Å²) in [6.45, 7) is 0. The van der Waals surface area contributed by atoms with Crippen LogP contribution < -0.4 is 0 Å². The van der Waals surface area contributed by atoms with Gasteiger partial charge in [-0.2, -0.15) is 5.26 Å². The molecule has 0 radical (unpaired) electrons. The topological polar surface area (TPSA) is 64.2 Å². The van der Waals surface area contributed by atoms with Gasteiger partial charge in [-0.1, -0.05) is 0 Å². The average molecular weight is 127 g/mol. The van der Waals surface area contributed by atoms with Gasteiger partial charge in [0.25, 0.3) is 0 Å². The third-order valence-corrected chi connectivity index (χ3v) is 1.75. The molecule has 1 atom stereocenters. The number of aliphatic hydroxyl groups is 2. The number of hydrogen-bond donors (Lipinski definition) is 2. The van der Waals surface area contributed by atoms with Crippen molar-refractivity contribution in [1.29, 1.82) is 5.26 Å². The van der Waals surface area contributed by atoms with Gasteiger partial charge in [0, 0.05) is 6.42 Å².